The van der Waals surface area contributed by atoms with Crippen LogP contribution in [0.4, 0.5) is 13.2 Å². The zero-order chi connectivity index (χ0) is 13.1. The molecule has 5 heteroatoms. The highest BCUT2D eigenvalue weighted by Gasteiger charge is 2.31. The second kappa shape index (κ2) is 5.29. The number of alkyl halides is 3. The third-order valence-electron chi connectivity index (χ3n) is 2.58. The predicted octanol–water partition coefficient (Wildman–Crippen LogP) is 4.11. The van der Waals surface area contributed by atoms with E-state index in [0.717, 1.165) is 12.0 Å². The van der Waals surface area contributed by atoms with Gasteiger partial charge in [-0.2, -0.15) is 0 Å². The SMILES string of the molecule is CCC(C)c1ccc(OC(F)(F)F)cc1OC. The fourth-order valence-electron chi connectivity index (χ4n) is 1.52. The van der Waals surface area contributed by atoms with Crippen molar-refractivity contribution in [3.8, 4) is 11.5 Å². The Morgan fingerprint density at radius 1 is 1.29 bits per heavy atom. The van der Waals surface area contributed by atoms with Crippen LogP contribution < -0.4 is 9.47 Å². The van der Waals surface area contributed by atoms with Crippen molar-refractivity contribution in [3.05, 3.63) is 23.8 Å². The Balaban J connectivity index is 3.00. The lowest BCUT2D eigenvalue weighted by molar-refractivity contribution is -0.274. The van der Waals surface area contributed by atoms with Crippen LogP contribution in [0.1, 0.15) is 31.7 Å². The van der Waals surface area contributed by atoms with Crippen LogP contribution >= 0.6 is 0 Å². The molecule has 0 aromatic heterocycles. The minimum Gasteiger partial charge on any atom is -0.496 e. The van der Waals surface area contributed by atoms with Gasteiger partial charge in [0.25, 0.3) is 0 Å². The van der Waals surface area contributed by atoms with Gasteiger partial charge in [-0.1, -0.05) is 19.9 Å². The number of halogens is 3. The van der Waals surface area contributed by atoms with Gasteiger partial charge in [0.15, 0.2) is 0 Å². The lowest BCUT2D eigenvalue weighted by Crippen LogP contribution is -2.17. The summed E-state index contributed by atoms with van der Waals surface area (Å²) in [5.41, 5.74) is 0.879. The summed E-state index contributed by atoms with van der Waals surface area (Å²) in [5, 5.41) is 0. The Morgan fingerprint density at radius 3 is 2.41 bits per heavy atom. The molecule has 0 amide bonds. The van der Waals surface area contributed by atoms with Crippen molar-refractivity contribution in [2.24, 2.45) is 0 Å². The van der Waals surface area contributed by atoms with E-state index in [1.165, 1.54) is 19.2 Å². The van der Waals surface area contributed by atoms with E-state index < -0.39 is 6.36 Å². The van der Waals surface area contributed by atoms with Crippen LogP contribution in [0.25, 0.3) is 0 Å². The maximum Gasteiger partial charge on any atom is 0.573 e. The number of rotatable bonds is 4. The van der Waals surface area contributed by atoms with Crippen LogP contribution in [0.3, 0.4) is 0 Å². The van der Waals surface area contributed by atoms with Crippen molar-refractivity contribution < 1.29 is 22.6 Å². The molecule has 0 bridgehead atoms. The van der Waals surface area contributed by atoms with Gasteiger partial charge in [0.2, 0.25) is 0 Å². The first kappa shape index (κ1) is 13.7. The van der Waals surface area contributed by atoms with Crippen molar-refractivity contribution >= 4 is 0 Å². The van der Waals surface area contributed by atoms with E-state index in [2.05, 4.69) is 4.74 Å². The summed E-state index contributed by atoms with van der Waals surface area (Å²) in [6.45, 7) is 3.99. The van der Waals surface area contributed by atoms with Crippen LogP contribution in [0.2, 0.25) is 0 Å². The van der Waals surface area contributed by atoms with E-state index in [-0.39, 0.29) is 11.7 Å². The molecule has 1 rings (SSSR count). The summed E-state index contributed by atoms with van der Waals surface area (Å²) in [7, 11) is 1.43. The Morgan fingerprint density at radius 2 is 1.94 bits per heavy atom. The lowest BCUT2D eigenvalue weighted by atomic mass is 9.97. The quantitative estimate of drug-likeness (QED) is 0.798. The summed E-state index contributed by atoms with van der Waals surface area (Å²) in [4.78, 5) is 0. The molecule has 1 aromatic rings. The summed E-state index contributed by atoms with van der Waals surface area (Å²) >= 11 is 0. The van der Waals surface area contributed by atoms with Crippen LogP contribution in [-0.2, 0) is 0 Å². The molecule has 2 nitrogen and oxygen atoms in total. The molecule has 96 valence electrons. The molecule has 0 spiro atoms. The smallest absolute Gasteiger partial charge is 0.496 e. The first-order valence-electron chi connectivity index (χ1n) is 5.31. The van der Waals surface area contributed by atoms with Crippen molar-refractivity contribution in [2.45, 2.75) is 32.5 Å². The molecule has 0 heterocycles. The van der Waals surface area contributed by atoms with E-state index in [9.17, 15) is 13.2 Å². The van der Waals surface area contributed by atoms with Crippen LogP contribution in [0.15, 0.2) is 18.2 Å². The largest absolute Gasteiger partial charge is 0.573 e. The van der Waals surface area contributed by atoms with Crippen molar-refractivity contribution in [1.82, 2.24) is 0 Å². The third-order valence-corrected chi connectivity index (χ3v) is 2.58. The number of methoxy groups -OCH3 is 1. The van der Waals surface area contributed by atoms with Gasteiger partial charge in [-0.05, 0) is 24.0 Å². The first-order valence-corrected chi connectivity index (χ1v) is 5.31. The normalized spacial score (nSPS) is 13.3. The molecule has 0 N–H and O–H groups in total. The molecule has 1 atom stereocenters. The maximum atomic E-state index is 12.0. The average Bonchev–Trinajstić information content (AvgIpc) is 2.25. The molecule has 0 saturated carbocycles. The van der Waals surface area contributed by atoms with Gasteiger partial charge >= 0.3 is 6.36 Å². The lowest BCUT2D eigenvalue weighted by Gasteiger charge is -2.16. The topological polar surface area (TPSA) is 18.5 Å². The molecule has 17 heavy (non-hydrogen) atoms. The standard InChI is InChI=1S/C12H15F3O2/c1-4-8(2)10-6-5-9(7-11(10)16-3)17-12(13,14)15/h5-8H,4H2,1-3H3. The van der Waals surface area contributed by atoms with Crippen molar-refractivity contribution in [3.63, 3.8) is 0 Å². The molecule has 1 unspecified atom stereocenters. The molecular weight excluding hydrogens is 233 g/mol. The summed E-state index contributed by atoms with van der Waals surface area (Å²) < 4.78 is 45.0. The van der Waals surface area contributed by atoms with E-state index in [1.807, 2.05) is 13.8 Å². The highest BCUT2D eigenvalue weighted by atomic mass is 19.4. The zero-order valence-corrected chi connectivity index (χ0v) is 9.97. The van der Waals surface area contributed by atoms with Crippen LogP contribution in [0.5, 0.6) is 11.5 Å². The second-order valence-electron chi connectivity index (χ2n) is 3.76. The molecule has 0 radical (unpaired) electrons. The number of hydrogen-bond acceptors (Lipinski definition) is 2. The molecule has 0 aliphatic heterocycles. The van der Waals surface area contributed by atoms with Crippen LogP contribution in [0, 0.1) is 0 Å². The van der Waals surface area contributed by atoms with Crippen molar-refractivity contribution in [2.75, 3.05) is 7.11 Å². The monoisotopic (exact) mass is 248 g/mol. The zero-order valence-electron chi connectivity index (χ0n) is 9.97. The minimum absolute atomic E-state index is 0.227. The van der Waals surface area contributed by atoms with Crippen molar-refractivity contribution in [1.29, 1.82) is 0 Å². The molecule has 0 aliphatic carbocycles. The van der Waals surface area contributed by atoms with Gasteiger partial charge in [-0.3, -0.25) is 0 Å². The van der Waals surface area contributed by atoms with E-state index in [4.69, 9.17) is 4.74 Å². The van der Waals surface area contributed by atoms with Gasteiger partial charge in [-0.15, -0.1) is 13.2 Å². The van der Waals surface area contributed by atoms with E-state index >= 15 is 0 Å². The minimum atomic E-state index is -4.68. The Hall–Kier alpha value is -1.39. The number of benzene rings is 1. The molecular formula is C12H15F3O2. The van der Waals surface area contributed by atoms with Gasteiger partial charge in [0, 0.05) is 6.07 Å². The Bertz CT molecular complexity index is 375. The summed E-state index contributed by atoms with van der Waals surface area (Å²) in [6, 6.07) is 4.17. The maximum absolute atomic E-state index is 12.0. The summed E-state index contributed by atoms with van der Waals surface area (Å²) in [5.74, 6) is 0.382. The third kappa shape index (κ3) is 3.84. The fraction of sp³-hybridized carbons (Fsp3) is 0.500. The second-order valence-corrected chi connectivity index (χ2v) is 3.76. The molecule has 0 aliphatic rings. The molecule has 0 fully saturated rings. The number of ether oxygens (including phenoxy) is 2. The highest BCUT2D eigenvalue weighted by molar-refractivity contribution is 5.42. The fourth-order valence-corrected chi connectivity index (χ4v) is 1.52. The van der Waals surface area contributed by atoms with Crippen LogP contribution in [-0.4, -0.2) is 13.5 Å². The number of hydrogen-bond donors (Lipinski definition) is 0. The van der Waals surface area contributed by atoms with Gasteiger partial charge in [0.1, 0.15) is 11.5 Å². The molecule has 1 aromatic carbocycles. The van der Waals surface area contributed by atoms with E-state index in [1.54, 1.807) is 6.07 Å². The van der Waals surface area contributed by atoms with Gasteiger partial charge in [0.05, 0.1) is 7.11 Å². The molecule has 0 saturated heterocycles. The predicted molar refractivity (Wildman–Crippen MR) is 58.4 cm³/mol. The Labute approximate surface area is 98.3 Å². The van der Waals surface area contributed by atoms with Gasteiger partial charge in [-0.25, -0.2) is 0 Å². The van der Waals surface area contributed by atoms with E-state index in [0.29, 0.717) is 5.75 Å². The Kier molecular flexibility index (Phi) is 4.26. The average molecular weight is 248 g/mol. The first-order chi connectivity index (χ1) is 7.87. The highest BCUT2D eigenvalue weighted by Crippen LogP contribution is 2.33. The van der Waals surface area contributed by atoms with Gasteiger partial charge < -0.3 is 9.47 Å². The summed E-state index contributed by atoms with van der Waals surface area (Å²) in [6.07, 6.45) is -3.79.